The Morgan fingerprint density at radius 1 is 0.759 bits per heavy atom. The summed E-state index contributed by atoms with van der Waals surface area (Å²) >= 11 is 0. The number of benzene rings is 1. The molecule has 0 bridgehead atoms. The number of aliphatic carboxylic acids is 1. The predicted octanol–water partition coefficient (Wildman–Crippen LogP) is 5.93. The Bertz CT molecular complexity index is 463. The van der Waals surface area contributed by atoms with Gasteiger partial charge in [0.15, 0.2) is 0 Å². The minimum absolute atomic E-state index is 0.466. The number of carboxylic acids is 1. The molecule has 3 nitrogen and oxygen atoms in total. The lowest BCUT2D eigenvalue weighted by Gasteiger charge is -2.39. The number of quaternary nitrogens is 1. The van der Waals surface area contributed by atoms with Crippen LogP contribution in [0.1, 0.15) is 104 Å². The number of nitrogens with zero attached hydrogens (tertiary/aromatic N) is 1. The van der Waals surface area contributed by atoms with Crippen LogP contribution in [-0.4, -0.2) is 36.6 Å². The molecule has 0 heterocycles. The van der Waals surface area contributed by atoms with E-state index in [9.17, 15) is 9.90 Å². The molecule has 0 aliphatic heterocycles. The Labute approximate surface area is 181 Å². The highest BCUT2D eigenvalue weighted by Crippen LogP contribution is 2.18. The van der Waals surface area contributed by atoms with Crippen molar-refractivity contribution in [1.29, 1.82) is 0 Å². The Morgan fingerprint density at radius 2 is 1.14 bits per heavy atom. The molecule has 0 aliphatic rings. The number of carbonyl (C=O) groups is 1. The van der Waals surface area contributed by atoms with E-state index in [0.29, 0.717) is 6.42 Å². The van der Waals surface area contributed by atoms with Crippen molar-refractivity contribution in [2.24, 2.45) is 0 Å². The zero-order chi connectivity index (χ0) is 22.0. The lowest BCUT2D eigenvalue weighted by Crippen LogP contribution is -2.50. The molecule has 0 fully saturated rings. The Hall–Kier alpha value is -1.35. The predicted molar refractivity (Wildman–Crippen MR) is 124 cm³/mol. The van der Waals surface area contributed by atoms with Crippen LogP contribution in [0.3, 0.4) is 0 Å². The average molecular weight is 406 g/mol. The van der Waals surface area contributed by atoms with Gasteiger partial charge in [-0.2, -0.15) is 0 Å². The van der Waals surface area contributed by atoms with Gasteiger partial charge in [0, 0.05) is 11.9 Å². The molecule has 29 heavy (non-hydrogen) atoms. The number of rotatable bonds is 15. The first-order valence-electron chi connectivity index (χ1n) is 12.1. The van der Waals surface area contributed by atoms with Gasteiger partial charge in [-0.3, -0.25) is 0 Å². The summed E-state index contributed by atoms with van der Waals surface area (Å²) < 4.78 is 1.42. The van der Waals surface area contributed by atoms with E-state index >= 15 is 0 Å². The SMILES string of the molecule is CCC(C(=O)[O-])c1ccccc1.CCCC[N+](CCCC)(CCCC)CCCC. The van der Waals surface area contributed by atoms with E-state index in [2.05, 4.69) is 27.7 Å². The Kier molecular flexibility index (Phi) is 16.7. The molecule has 0 N–H and O–H groups in total. The van der Waals surface area contributed by atoms with Gasteiger partial charge in [-0.15, -0.1) is 0 Å². The Morgan fingerprint density at radius 3 is 1.41 bits per heavy atom. The molecule has 0 saturated heterocycles. The Balaban J connectivity index is 0.000000571. The summed E-state index contributed by atoms with van der Waals surface area (Å²) in [6, 6.07) is 9.15. The van der Waals surface area contributed by atoms with Gasteiger partial charge in [-0.25, -0.2) is 0 Å². The minimum atomic E-state index is -0.997. The molecule has 1 aromatic carbocycles. The third kappa shape index (κ3) is 12.1. The van der Waals surface area contributed by atoms with E-state index in [1.165, 1.54) is 82.0 Å². The number of hydrogen-bond donors (Lipinski definition) is 0. The van der Waals surface area contributed by atoms with Crippen LogP contribution < -0.4 is 5.11 Å². The third-order valence-electron chi connectivity index (χ3n) is 5.84. The molecule has 0 saturated carbocycles. The summed E-state index contributed by atoms with van der Waals surface area (Å²) in [7, 11) is 0. The first-order valence-corrected chi connectivity index (χ1v) is 12.1. The molecule has 1 atom stereocenters. The monoisotopic (exact) mass is 405 g/mol. The second kappa shape index (κ2) is 17.5. The van der Waals surface area contributed by atoms with Gasteiger partial charge >= 0.3 is 0 Å². The van der Waals surface area contributed by atoms with Gasteiger partial charge in [0.2, 0.25) is 0 Å². The van der Waals surface area contributed by atoms with Crippen molar-refractivity contribution in [2.75, 3.05) is 26.2 Å². The zero-order valence-electron chi connectivity index (χ0n) is 19.9. The molecule has 1 rings (SSSR count). The lowest BCUT2D eigenvalue weighted by molar-refractivity contribution is -0.929. The molecule has 0 radical (unpaired) electrons. The van der Waals surface area contributed by atoms with E-state index in [0.717, 1.165) is 5.56 Å². The van der Waals surface area contributed by atoms with E-state index in [1.54, 1.807) is 0 Å². The topological polar surface area (TPSA) is 40.1 Å². The molecular weight excluding hydrogens is 358 g/mol. The first kappa shape index (κ1) is 27.6. The average Bonchev–Trinajstić information content (AvgIpc) is 2.74. The largest absolute Gasteiger partial charge is 0.549 e. The zero-order valence-corrected chi connectivity index (χ0v) is 19.9. The molecule has 0 spiro atoms. The first-order chi connectivity index (χ1) is 14.0. The van der Waals surface area contributed by atoms with Gasteiger partial charge in [0.05, 0.1) is 26.2 Å². The number of carbonyl (C=O) groups excluding carboxylic acids is 1. The van der Waals surface area contributed by atoms with E-state index < -0.39 is 11.9 Å². The quantitative estimate of drug-likeness (QED) is 0.339. The maximum atomic E-state index is 10.6. The van der Waals surface area contributed by atoms with Crippen LogP contribution in [-0.2, 0) is 4.79 Å². The molecule has 0 aliphatic carbocycles. The minimum Gasteiger partial charge on any atom is -0.549 e. The summed E-state index contributed by atoms with van der Waals surface area (Å²) in [6.07, 6.45) is 11.6. The molecule has 0 amide bonds. The van der Waals surface area contributed by atoms with E-state index in [1.807, 2.05) is 37.3 Å². The fourth-order valence-corrected chi connectivity index (χ4v) is 3.87. The number of carboxylic acid groups (broad SMARTS) is 1. The van der Waals surface area contributed by atoms with Crippen molar-refractivity contribution in [3.05, 3.63) is 35.9 Å². The highest BCUT2D eigenvalue weighted by Gasteiger charge is 2.24. The van der Waals surface area contributed by atoms with Crippen molar-refractivity contribution >= 4 is 5.97 Å². The molecule has 0 aromatic heterocycles. The summed E-state index contributed by atoms with van der Waals surface area (Å²) in [5.41, 5.74) is 0.819. The van der Waals surface area contributed by atoms with Crippen molar-refractivity contribution in [1.82, 2.24) is 0 Å². The molecule has 1 unspecified atom stereocenters. The maximum absolute atomic E-state index is 10.6. The van der Waals surface area contributed by atoms with Crippen LogP contribution in [0.15, 0.2) is 30.3 Å². The molecule has 168 valence electrons. The van der Waals surface area contributed by atoms with Crippen LogP contribution in [0.2, 0.25) is 0 Å². The van der Waals surface area contributed by atoms with Crippen molar-refractivity contribution in [3.8, 4) is 0 Å². The molecule has 1 aromatic rings. The second-order valence-corrected chi connectivity index (χ2v) is 8.34. The van der Waals surface area contributed by atoms with Gasteiger partial charge in [-0.05, 0) is 37.7 Å². The van der Waals surface area contributed by atoms with E-state index in [4.69, 9.17) is 0 Å². The van der Waals surface area contributed by atoms with Crippen LogP contribution in [0, 0.1) is 0 Å². The smallest absolute Gasteiger partial charge is 0.0786 e. The summed E-state index contributed by atoms with van der Waals surface area (Å²) in [5, 5.41) is 10.6. The summed E-state index contributed by atoms with van der Waals surface area (Å²) in [5.74, 6) is -1.46. The van der Waals surface area contributed by atoms with Crippen molar-refractivity contribution in [2.45, 2.75) is 98.3 Å². The highest BCUT2D eigenvalue weighted by molar-refractivity contribution is 5.73. The summed E-state index contributed by atoms with van der Waals surface area (Å²) in [6.45, 7) is 16.9. The van der Waals surface area contributed by atoms with Gasteiger partial charge < -0.3 is 14.4 Å². The highest BCUT2D eigenvalue weighted by atomic mass is 16.4. The van der Waals surface area contributed by atoms with Crippen molar-refractivity contribution in [3.63, 3.8) is 0 Å². The van der Waals surface area contributed by atoms with Gasteiger partial charge in [0.25, 0.3) is 0 Å². The van der Waals surface area contributed by atoms with Gasteiger partial charge in [-0.1, -0.05) is 90.6 Å². The summed E-state index contributed by atoms with van der Waals surface area (Å²) in [4.78, 5) is 10.6. The second-order valence-electron chi connectivity index (χ2n) is 8.34. The van der Waals surface area contributed by atoms with Crippen LogP contribution in [0.5, 0.6) is 0 Å². The van der Waals surface area contributed by atoms with Crippen molar-refractivity contribution < 1.29 is 14.4 Å². The normalized spacial score (nSPS) is 12.2. The van der Waals surface area contributed by atoms with Crippen LogP contribution in [0.25, 0.3) is 0 Å². The van der Waals surface area contributed by atoms with Gasteiger partial charge in [0.1, 0.15) is 0 Å². The maximum Gasteiger partial charge on any atom is 0.0786 e. The molecule has 3 heteroatoms. The standard InChI is InChI=1S/C16H36N.C10H12O2/c1-5-9-13-17(14-10-6-2,15-11-7-3)16-12-8-4;1-2-9(10(11)12)8-6-4-3-5-7-8/h5-16H2,1-4H3;3-7,9H,2H2,1H3,(H,11,12)/q+1;/p-1. The van der Waals surface area contributed by atoms with Crippen LogP contribution >= 0.6 is 0 Å². The fraction of sp³-hybridized carbons (Fsp3) is 0.731. The lowest BCUT2D eigenvalue weighted by atomic mass is 9.97. The fourth-order valence-electron chi connectivity index (χ4n) is 3.87. The van der Waals surface area contributed by atoms with Crippen LogP contribution in [0.4, 0.5) is 0 Å². The number of unbranched alkanes of at least 4 members (excludes halogenated alkanes) is 4. The third-order valence-corrected chi connectivity index (χ3v) is 5.84. The van der Waals surface area contributed by atoms with E-state index in [-0.39, 0.29) is 0 Å². The number of hydrogen-bond acceptors (Lipinski definition) is 2. The molecular formula is C26H47NO2.